The van der Waals surface area contributed by atoms with Crippen LogP contribution in [0.5, 0.6) is 0 Å². The molecule has 218 valence electrons. The van der Waals surface area contributed by atoms with E-state index >= 15 is 0 Å². The highest BCUT2D eigenvalue weighted by molar-refractivity contribution is 7.93. The van der Waals surface area contributed by atoms with Gasteiger partial charge in [-0.05, 0) is 78.9 Å². The summed E-state index contributed by atoms with van der Waals surface area (Å²) in [6.45, 7) is 3.23. The van der Waals surface area contributed by atoms with Crippen molar-refractivity contribution in [3.05, 3.63) is 59.1 Å². The number of rotatable bonds is 7. The topological polar surface area (TPSA) is 148 Å². The minimum atomic E-state index is -4.29. The number of ether oxygens (including phenoxy) is 1. The molecule has 10 nitrogen and oxygen atoms in total. The molecule has 2 fully saturated rings. The number of anilines is 1. The molecular weight excluding hydrogens is 544 g/mol. The number of aromatic nitrogens is 1. The molecule has 3 aromatic rings. The summed E-state index contributed by atoms with van der Waals surface area (Å²) in [6, 6.07) is 18.1. The number of hydrogen-bond acceptors (Lipinski definition) is 8. The molecule has 0 radical (unpaired) electrons. The van der Waals surface area contributed by atoms with Crippen molar-refractivity contribution in [2.75, 3.05) is 24.5 Å². The highest BCUT2D eigenvalue weighted by atomic mass is 32.2. The van der Waals surface area contributed by atoms with E-state index in [1.54, 1.807) is 19.2 Å². The summed E-state index contributed by atoms with van der Waals surface area (Å²) in [4.78, 5) is 1.91. The van der Waals surface area contributed by atoms with E-state index in [1.165, 1.54) is 37.9 Å². The molecule has 0 saturated carbocycles. The van der Waals surface area contributed by atoms with Crippen LogP contribution < -0.4 is 9.62 Å². The van der Waals surface area contributed by atoms with Crippen LogP contribution in [0, 0.1) is 17.2 Å². The highest BCUT2D eigenvalue weighted by Crippen LogP contribution is 2.30. The number of allylic oxidation sites excluding steroid dienone is 1. The molecule has 11 heteroatoms. The van der Waals surface area contributed by atoms with Crippen molar-refractivity contribution in [3.63, 3.8) is 0 Å². The van der Waals surface area contributed by atoms with Crippen molar-refractivity contribution in [2.24, 2.45) is 13.0 Å². The van der Waals surface area contributed by atoms with Crippen LogP contribution in [-0.2, 0) is 21.8 Å². The molecule has 2 aromatic carbocycles. The van der Waals surface area contributed by atoms with Crippen molar-refractivity contribution in [2.45, 2.75) is 50.8 Å². The van der Waals surface area contributed by atoms with Crippen LogP contribution in [-0.4, -0.2) is 72.5 Å². The third kappa shape index (κ3) is 6.04. The molecule has 5 atom stereocenters. The summed E-state index contributed by atoms with van der Waals surface area (Å²) in [6.07, 6.45) is 0.0250. The molecule has 3 heterocycles. The molecule has 2 aliphatic heterocycles. The lowest BCUT2D eigenvalue weighted by atomic mass is 9.91. The first-order chi connectivity index (χ1) is 19.6. The maximum absolute atomic E-state index is 13.0. The average Bonchev–Trinajstić information content (AvgIpc) is 3.33. The lowest BCUT2D eigenvalue weighted by Gasteiger charge is -2.39. The van der Waals surface area contributed by atoms with E-state index in [4.69, 9.17) is 4.74 Å². The van der Waals surface area contributed by atoms with Gasteiger partial charge in [-0.1, -0.05) is 18.2 Å². The van der Waals surface area contributed by atoms with Crippen LogP contribution in [0.2, 0.25) is 0 Å². The summed E-state index contributed by atoms with van der Waals surface area (Å²) in [7, 11) is -2.49. The van der Waals surface area contributed by atoms with Crippen molar-refractivity contribution in [1.82, 2.24) is 9.29 Å². The first-order valence-corrected chi connectivity index (χ1v) is 15.3. The van der Waals surface area contributed by atoms with Crippen LogP contribution in [0.15, 0.2) is 53.4 Å². The number of fused-ring (bicyclic) bond motifs is 1. The number of hydrogen-bond donors (Lipinski definition) is 4. The molecule has 0 spiro atoms. The van der Waals surface area contributed by atoms with E-state index < -0.39 is 52.0 Å². The number of aliphatic hydroxyl groups excluding tert-OH is 3. The van der Waals surface area contributed by atoms with Crippen LogP contribution in [0.3, 0.4) is 0 Å². The smallest absolute Gasteiger partial charge is 0.250 e. The Morgan fingerprint density at radius 3 is 2.49 bits per heavy atom. The number of aliphatic hydroxyl groups is 3. The fourth-order valence-electron chi connectivity index (χ4n) is 5.61. The second-order valence-corrected chi connectivity index (χ2v) is 12.6. The molecule has 0 amide bonds. The van der Waals surface area contributed by atoms with E-state index in [1.807, 2.05) is 16.7 Å². The molecule has 1 unspecified atom stereocenters. The third-order valence-electron chi connectivity index (χ3n) is 8.18. The van der Waals surface area contributed by atoms with Crippen molar-refractivity contribution in [1.29, 1.82) is 5.26 Å². The zero-order chi connectivity index (χ0) is 29.3. The van der Waals surface area contributed by atoms with E-state index in [0.717, 1.165) is 35.1 Å². The Kier molecular flexibility index (Phi) is 8.52. The Hall–Kier alpha value is -3.24. The predicted octanol–water partition coefficient (Wildman–Crippen LogP) is 2.69. The Morgan fingerprint density at radius 2 is 1.76 bits per heavy atom. The standard InChI is InChI=1S/C30H36N4O6S/c1-19-28(35)29(36)26(30(37)40-19)18-32-41(38,39)25(17-31)16-23-10-11-27(33(23)2)22-7-6-21-15-24(9-8-20(21)14-22)34-12-4-3-5-13-34/h6-11,14-16,19,26,28-30,32,35-37H,3-5,12-13,18H2,1-2H3/b25-16+/t19-,26-,28?,29+,30-/m0/s1. The largest absolute Gasteiger partial charge is 0.390 e. The summed E-state index contributed by atoms with van der Waals surface area (Å²) in [5.74, 6) is -1.11. The quantitative estimate of drug-likeness (QED) is 0.312. The van der Waals surface area contributed by atoms with E-state index in [2.05, 4.69) is 40.0 Å². The number of nitrogens with zero attached hydrogens (tertiary/aromatic N) is 3. The molecule has 41 heavy (non-hydrogen) atoms. The Labute approximate surface area is 240 Å². The summed E-state index contributed by atoms with van der Waals surface area (Å²) < 4.78 is 35.2. The van der Waals surface area contributed by atoms with Crippen LogP contribution in [0.1, 0.15) is 31.9 Å². The zero-order valence-corrected chi connectivity index (χ0v) is 24.0. The Balaban J connectivity index is 1.34. The summed E-state index contributed by atoms with van der Waals surface area (Å²) in [5.41, 5.74) is 3.56. The number of benzene rings is 2. The molecular formula is C30H36N4O6S. The first-order valence-electron chi connectivity index (χ1n) is 13.8. The summed E-state index contributed by atoms with van der Waals surface area (Å²) in [5, 5.41) is 42.4. The molecule has 0 aliphatic carbocycles. The van der Waals surface area contributed by atoms with Crippen molar-refractivity contribution < 1.29 is 28.5 Å². The Morgan fingerprint density at radius 1 is 1.05 bits per heavy atom. The van der Waals surface area contributed by atoms with Gasteiger partial charge in [0.05, 0.1) is 18.1 Å². The lowest BCUT2D eigenvalue weighted by Crippen LogP contribution is -2.56. The monoisotopic (exact) mass is 580 g/mol. The second-order valence-electron chi connectivity index (χ2n) is 10.8. The lowest BCUT2D eigenvalue weighted by molar-refractivity contribution is -0.257. The number of nitriles is 1. The van der Waals surface area contributed by atoms with Crippen LogP contribution >= 0.6 is 0 Å². The SMILES string of the molecule is C[C@@H]1O[C@H](O)[C@@H](CNS(=O)(=O)/C(C#N)=C/c2ccc(-c3ccc4cc(N5CCCCC5)ccc4c3)n2C)[C@@H](O)C1O. The number of nitrogens with one attached hydrogen (secondary N) is 1. The zero-order valence-electron chi connectivity index (χ0n) is 23.1. The van der Waals surface area contributed by atoms with Gasteiger partial charge >= 0.3 is 0 Å². The average molecular weight is 581 g/mol. The van der Waals surface area contributed by atoms with Gasteiger partial charge < -0.3 is 29.5 Å². The fraction of sp³-hybridized carbons (Fsp3) is 0.433. The van der Waals surface area contributed by atoms with Crippen molar-refractivity contribution >= 4 is 32.6 Å². The van der Waals surface area contributed by atoms with E-state index in [-0.39, 0.29) is 0 Å². The molecule has 2 saturated heterocycles. The van der Waals surface area contributed by atoms with Gasteiger partial charge in [0.1, 0.15) is 12.2 Å². The Bertz CT molecular complexity index is 1590. The maximum atomic E-state index is 13.0. The first kappa shape index (κ1) is 29.3. The van der Waals surface area contributed by atoms with Gasteiger partial charge in [0.15, 0.2) is 11.2 Å². The van der Waals surface area contributed by atoms with Gasteiger partial charge in [0.25, 0.3) is 10.0 Å². The van der Waals surface area contributed by atoms with Crippen molar-refractivity contribution in [3.8, 4) is 17.3 Å². The molecule has 5 rings (SSSR count). The minimum Gasteiger partial charge on any atom is -0.390 e. The highest BCUT2D eigenvalue weighted by Gasteiger charge is 2.42. The van der Waals surface area contributed by atoms with Gasteiger partial charge in [-0.2, -0.15) is 5.26 Å². The van der Waals surface area contributed by atoms with Gasteiger partial charge in [-0.3, -0.25) is 0 Å². The predicted molar refractivity (Wildman–Crippen MR) is 157 cm³/mol. The minimum absolute atomic E-state index is 0.428. The maximum Gasteiger partial charge on any atom is 0.250 e. The van der Waals surface area contributed by atoms with E-state index in [0.29, 0.717) is 5.69 Å². The molecule has 0 bridgehead atoms. The number of sulfonamides is 1. The fourth-order valence-corrected chi connectivity index (χ4v) is 6.58. The second kappa shape index (κ2) is 11.9. The third-order valence-corrected chi connectivity index (χ3v) is 9.51. The van der Waals surface area contributed by atoms with Gasteiger partial charge in [-0.25, -0.2) is 13.1 Å². The van der Waals surface area contributed by atoms with Gasteiger partial charge in [0.2, 0.25) is 0 Å². The van der Waals surface area contributed by atoms with Gasteiger partial charge in [0, 0.05) is 43.8 Å². The molecule has 1 aromatic heterocycles. The summed E-state index contributed by atoms with van der Waals surface area (Å²) >= 11 is 0. The number of piperidine rings is 1. The normalized spacial score (nSPS) is 25.8. The van der Waals surface area contributed by atoms with Crippen LogP contribution in [0.25, 0.3) is 28.1 Å². The van der Waals surface area contributed by atoms with Gasteiger partial charge in [-0.15, -0.1) is 0 Å². The molecule has 4 N–H and O–H groups in total. The van der Waals surface area contributed by atoms with E-state index in [9.17, 15) is 29.0 Å². The van der Waals surface area contributed by atoms with Crippen LogP contribution in [0.4, 0.5) is 5.69 Å². The molecule has 2 aliphatic rings.